The van der Waals surface area contributed by atoms with E-state index in [9.17, 15) is 23.1 Å². The number of carbonyl (C=O) groups excluding carboxylic acids is 2. The lowest BCUT2D eigenvalue weighted by Gasteiger charge is -2.44. The number of sulfonamides is 1. The van der Waals surface area contributed by atoms with Crippen LogP contribution in [0.25, 0.3) is 0 Å². The molecule has 31 heavy (non-hydrogen) atoms. The Morgan fingerprint density at radius 1 is 1.10 bits per heavy atom. The van der Waals surface area contributed by atoms with Gasteiger partial charge in [-0.25, -0.2) is 13.1 Å². The van der Waals surface area contributed by atoms with E-state index in [2.05, 4.69) is 10.0 Å². The number of piperazine rings is 1. The molecule has 0 saturated carbocycles. The zero-order chi connectivity index (χ0) is 22.2. The van der Waals surface area contributed by atoms with Crippen LogP contribution in [0.2, 0.25) is 5.02 Å². The summed E-state index contributed by atoms with van der Waals surface area (Å²) in [5.41, 5.74) is 0.820. The molecule has 2 aromatic carbocycles. The number of rotatable bonds is 5. The van der Waals surface area contributed by atoms with Gasteiger partial charge in [0.15, 0.2) is 0 Å². The minimum absolute atomic E-state index is 0.0949. The van der Waals surface area contributed by atoms with E-state index in [1.807, 2.05) is 0 Å². The Bertz CT molecular complexity index is 1090. The van der Waals surface area contributed by atoms with Gasteiger partial charge in [0.2, 0.25) is 21.8 Å². The van der Waals surface area contributed by atoms with E-state index in [-0.39, 0.29) is 35.4 Å². The summed E-state index contributed by atoms with van der Waals surface area (Å²) in [5.74, 6) is -0.346. The molecule has 3 atom stereocenters. The Balaban J connectivity index is 1.42. The third-order valence-electron chi connectivity index (χ3n) is 5.62. The van der Waals surface area contributed by atoms with Gasteiger partial charge >= 0.3 is 0 Å². The number of benzene rings is 2. The molecule has 0 bridgehead atoms. The molecule has 0 aliphatic carbocycles. The number of carbonyl (C=O) groups is 2. The largest absolute Gasteiger partial charge is 0.508 e. The molecule has 2 saturated heterocycles. The number of phenolic OH excluding ortho intramolecular Hbond substituents is 1. The smallest absolute Gasteiger partial charge is 0.246 e. The summed E-state index contributed by atoms with van der Waals surface area (Å²) < 4.78 is 27.9. The first-order valence-electron chi connectivity index (χ1n) is 9.89. The summed E-state index contributed by atoms with van der Waals surface area (Å²) in [6, 6.07) is 10.5. The zero-order valence-electron chi connectivity index (χ0n) is 16.5. The standard InChI is InChI=1S/C21H22ClN3O5S/c22-14-3-7-17(8-4-14)31(29,30)24-15-9-10-25-19(12-15)20(27)23-18(21(25)28)11-13-1-5-16(26)6-2-13/h1-8,15,18-19,24,26H,9-12H2,(H,23,27). The number of hydrogen-bond acceptors (Lipinski definition) is 5. The van der Waals surface area contributed by atoms with Crippen molar-refractivity contribution in [2.75, 3.05) is 6.54 Å². The number of amides is 2. The molecule has 2 fully saturated rings. The van der Waals surface area contributed by atoms with Crippen LogP contribution in [0.15, 0.2) is 53.4 Å². The quantitative estimate of drug-likeness (QED) is 0.620. The van der Waals surface area contributed by atoms with Crippen LogP contribution in [0.4, 0.5) is 0 Å². The number of hydrogen-bond donors (Lipinski definition) is 3. The maximum Gasteiger partial charge on any atom is 0.246 e. The molecule has 0 radical (unpaired) electrons. The van der Waals surface area contributed by atoms with Crippen LogP contribution >= 0.6 is 11.6 Å². The molecule has 2 amide bonds. The summed E-state index contributed by atoms with van der Waals surface area (Å²) in [7, 11) is -3.76. The minimum atomic E-state index is -3.76. The van der Waals surface area contributed by atoms with Crippen LogP contribution in [0.5, 0.6) is 5.75 Å². The van der Waals surface area contributed by atoms with Crippen molar-refractivity contribution in [1.82, 2.24) is 14.9 Å². The first-order valence-corrected chi connectivity index (χ1v) is 11.8. The molecule has 2 heterocycles. The summed E-state index contributed by atoms with van der Waals surface area (Å²) >= 11 is 5.82. The van der Waals surface area contributed by atoms with Gasteiger partial charge in [-0.05, 0) is 54.8 Å². The predicted octanol–water partition coefficient (Wildman–Crippen LogP) is 1.42. The number of nitrogens with one attached hydrogen (secondary N) is 2. The molecular weight excluding hydrogens is 442 g/mol. The van der Waals surface area contributed by atoms with Crippen molar-refractivity contribution in [3.8, 4) is 5.75 Å². The van der Waals surface area contributed by atoms with E-state index in [0.717, 1.165) is 5.56 Å². The highest BCUT2D eigenvalue weighted by molar-refractivity contribution is 7.89. The number of phenols is 1. The van der Waals surface area contributed by atoms with Crippen molar-refractivity contribution in [2.45, 2.75) is 42.3 Å². The summed E-state index contributed by atoms with van der Waals surface area (Å²) in [4.78, 5) is 27.3. The first kappa shape index (κ1) is 21.6. The monoisotopic (exact) mass is 463 g/mol. The van der Waals surface area contributed by atoms with Crippen LogP contribution in [0.3, 0.4) is 0 Å². The highest BCUT2D eigenvalue weighted by Gasteiger charge is 2.44. The predicted molar refractivity (Wildman–Crippen MR) is 114 cm³/mol. The second-order valence-electron chi connectivity index (χ2n) is 7.78. The second kappa shape index (κ2) is 8.49. The van der Waals surface area contributed by atoms with E-state index < -0.39 is 28.1 Å². The van der Waals surface area contributed by atoms with Crippen LogP contribution in [-0.2, 0) is 26.0 Å². The summed E-state index contributed by atoms with van der Waals surface area (Å²) in [5, 5.41) is 12.6. The van der Waals surface area contributed by atoms with Gasteiger partial charge in [0.05, 0.1) is 4.90 Å². The van der Waals surface area contributed by atoms with Gasteiger partial charge in [0, 0.05) is 24.0 Å². The second-order valence-corrected chi connectivity index (χ2v) is 9.93. The molecule has 8 nitrogen and oxygen atoms in total. The number of nitrogens with zero attached hydrogens (tertiary/aromatic N) is 1. The maximum atomic E-state index is 12.9. The topological polar surface area (TPSA) is 116 Å². The normalized spacial score (nSPS) is 23.9. The van der Waals surface area contributed by atoms with E-state index in [4.69, 9.17) is 11.6 Å². The highest BCUT2D eigenvalue weighted by Crippen LogP contribution is 2.25. The van der Waals surface area contributed by atoms with Crippen molar-refractivity contribution in [3.63, 3.8) is 0 Å². The average Bonchev–Trinajstić information content (AvgIpc) is 2.73. The van der Waals surface area contributed by atoms with E-state index in [1.165, 1.54) is 41.3 Å². The van der Waals surface area contributed by atoms with Crippen molar-refractivity contribution >= 4 is 33.4 Å². The molecule has 2 aromatic rings. The Morgan fingerprint density at radius 3 is 2.45 bits per heavy atom. The third kappa shape index (κ3) is 4.68. The van der Waals surface area contributed by atoms with Crippen molar-refractivity contribution in [1.29, 1.82) is 0 Å². The fourth-order valence-electron chi connectivity index (χ4n) is 4.02. The lowest BCUT2D eigenvalue weighted by molar-refractivity contribution is -0.151. The molecule has 10 heteroatoms. The third-order valence-corrected chi connectivity index (χ3v) is 7.41. The zero-order valence-corrected chi connectivity index (χ0v) is 18.1. The van der Waals surface area contributed by atoms with Crippen molar-refractivity contribution in [2.24, 2.45) is 0 Å². The SMILES string of the molecule is O=C1NC(Cc2ccc(O)cc2)C(=O)N2CCC(NS(=O)(=O)c3ccc(Cl)cc3)CC12. The Kier molecular flexibility index (Phi) is 5.92. The van der Waals surface area contributed by atoms with E-state index in [0.29, 0.717) is 17.9 Å². The van der Waals surface area contributed by atoms with Gasteiger partial charge in [-0.3, -0.25) is 9.59 Å². The lowest BCUT2D eigenvalue weighted by atomic mass is 9.92. The Hall–Kier alpha value is -2.62. The molecule has 3 N–H and O–H groups in total. The number of fused-ring (bicyclic) bond motifs is 1. The highest BCUT2D eigenvalue weighted by atomic mass is 35.5. The molecule has 164 valence electrons. The van der Waals surface area contributed by atoms with Crippen LogP contribution < -0.4 is 10.0 Å². The fraction of sp³-hybridized carbons (Fsp3) is 0.333. The van der Waals surface area contributed by atoms with E-state index in [1.54, 1.807) is 12.1 Å². The van der Waals surface area contributed by atoms with Gasteiger partial charge in [0.1, 0.15) is 17.8 Å². The molecule has 2 aliphatic rings. The van der Waals surface area contributed by atoms with Gasteiger partial charge in [-0.2, -0.15) is 0 Å². The molecule has 2 aliphatic heterocycles. The molecule has 3 unspecified atom stereocenters. The lowest BCUT2D eigenvalue weighted by Crippen LogP contribution is -2.67. The Labute approximate surface area is 185 Å². The first-order chi connectivity index (χ1) is 14.7. The maximum absolute atomic E-state index is 12.9. The Morgan fingerprint density at radius 2 is 1.77 bits per heavy atom. The van der Waals surface area contributed by atoms with Crippen LogP contribution in [-0.4, -0.2) is 54.9 Å². The molecule has 0 spiro atoms. The number of halogens is 1. The molecule has 4 rings (SSSR count). The summed E-state index contributed by atoms with van der Waals surface area (Å²) in [6.07, 6.45) is 0.936. The van der Waals surface area contributed by atoms with Gasteiger partial charge in [-0.15, -0.1) is 0 Å². The van der Waals surface area contributed by atoms with Crippen molar-refractivity contribution in [3.05, 3.63) is 59.1 Å². The van der Waals surface area contributed by atoms with Crippen LogP contribution in [0, 0.1) is 0 Å². The average molecular weight is 464 g/mol. The number of aromatic hydroxyl groups is 1. The van der Waals surface area contributed by atoms with Gasteiger partial charge in [0.25, 0.3) is 0 Å². The number of piperidine rings is 1. The molecular formula is C21H22ClN3O5S. The molecule has 0 aromatic heterocycles. The van der Waals surface area contributed by atoms with Crippen LogP contribution in [0.1, 0.15) is 18.4 Å². The van der Waals surface area contributed by atoms with E-state index >= 15 is 0 Å². The fourth-order valence-corrected chi connectivity index (χ4v) is 5.43. The summed E-state index contributed by atoms with van der Waals surface area (Å²) in [6.45, 7) is 0.288. The van der Waals surface area contributed by atoms with Crippen molar-refractivity contribution < 1.29 is 23.1 Å². The minimum Gasteiger partial charge on any atom is -0.508 e. The van der Waals surface area contributed by atoms with Gasteiger partial charge in [-0.1, -0.05) is 23.7 Å². The van der Waals surface area contributed by atoms with Gasteiger partial charge < -0.3 is 15.3 Å².